The maximum Gasteiger partial charge on any atom is 0.163 e. The predicted molar refractivity (Wildman–Crippen MR) is 53.8 cm³/mol. The van der Waals surface area contributed by atoms with Gasteiger partial charge in [-0.15, -0.1) is 0 Å². The van der Waals surface area contributed by atoms with E-state index in [2.05, 4.69) is 0 Å². The zero-order chi connectivity index (χ0) is 9.59. The first-order valence-electron chi connectivity index (χ1n) is 4.11. The van der Waals surface area contributed by atoms with Gasteiger partial charge in [-0.3, -0.25) is 4.79 Å². The topological polar surface area (TPSA) is 17.1 Å². The van der Waals surface area contributed by atoms with Gasteiger partial charge < -0.3 is 0 Å². The molecule has 1 aromatic rings. The van der Waals surface area contributed by atoms with Crippen molar-refractivity contribution in [2.24, 2.45) is 0 Å². The van der Waals surface area contributed by atoms with Crippen molar-refractivity contribution in [3.8, 4) is 0 Å². The maximum absolute atomic E-state index is 11.5. The van der Waals surface area contributed by atoms with Gasteiger partial charge in [-0.2, -0.15) is 0 Å². The molecule has 3 heteroatoms. The van der Waals surface area contributed by atoms with Crippen molar-refractivity contribution in [1.29, 1.82) is 0 Å². The summed E-state index contributed by atoms with van der Waals surface area (Å²) in [7, 11) is 0. The monoisotopic (exact) mass is 214 g/mol. The molecule has 1 aromatic carbocycles. The first-order chi connectivity index (χ1) is 6.09. The first kappa shape index (κ1) is 9.04. The van der Waals surface area contributed by atoms with Crippen LogP contribution in [0.5, 0.6) is 0 Å². The Kier molecular flexibility index (Phi) is 2.09. The largest absolute Gasteiger partial charge is 0.294 e. The third-order valence-electron chi connectivity index (χ3n) is 2.38. The number of rotatable bonds is 0. The minimum Gasteiger partial charge on any atom is -0.294 e. The van der Waals surface area contributed by atoms with Crippen molar-refractivity contribution in [3.05, 3.63) is 33.3 Å². The van der Waals surface area contributed by atoms with Gasteiger partial charge in [0.2, 0.25) is 0 Å². The van der Waals surface area contributed by atoms with E-state index in [1.807, 2.05) is 6.92 Å². The van der Waals surface area contributed by atoms with Gasteiger partial charge in [0, 0.05) is 22.0 Å². The Morgan fingerprint density at radius 2 is 2.08 bits per heavy atom. The lowest BCUT2D eigenvalue weighted by Crippen LogP contribution is -1.90. The third kappa shape index (κ3) is 1.36. The van der Waals surface area contributed by atoms with E-state index in [4.69, 9.17) is 23.2 Å². The van der Waals surface area contributed by atoms with E-state index < -0.39 is 0 Å². The van der Waals surface area contributed by atoms with Crippen molar-refractivity contribution in [3.63, 3.8) is 0 Å². The molecular formula is C10H8Cl2O. The molecule has 0 spiro atoms. The third-order valence-corrected chi connectivity index (χ3v) is 2.91. The second-order valence-corrected chi connectivity index (χ2v) is 4.22. The van der Waals surface area contributed by atoms with Gasteiger partial charge in [0.1, 0.15) is 0 Å². The number of fused-ring (bicyclic) bond motifs is 1. The number of ketones is 1. The number of carbonyl (C=O) groups is 1. The number of benzene rings is 1. The van der Waals surface area contributed by atoms with Crippen LogP contribution in [0, 0.1) is 0 Å². The predicted octanol–water partition coefficient (Wildman–Crippen LogP) is 3.68. The fourth-order valence-corrected chi connectivity index (χ4v) is 2.49. The molecule has 0 bridgehead atoms. The summed E-state index contributed by atoms with van der Waals surface area (Å²) in [5.41, 5.74) is 1.65. The SMILES string of the molecule is CC1CC(=O)c2cc(Cl)cc(Cl)c21. The standard InChI is InChI=1S/C10H8Cl2O/c1-5-2-9(13)7-3-6(11)4-8(12)10(5)7/h3-5H,2H2,1H3. The summed E-state index contributed by atoms with van der Waals surface area (Å²) in [6.45, 7) is 2.00. The van der Waals surface area contributed by atoms with E-state index >= 15 is 0 Å². The lowest BCUT2D eigenvalue weighted by atomic mass is 10.0. The quantitative estimate of drug-likeness (QED) is 0.645. The number of hydrogen-bond donors (Lipinski definition) is 0. The molecule has 1 nitrogen and oxygen atoms in total. The molecule has 0 N–H and O–H groups in total. The molecule has 1 unspecified atom stereocenters. The van der Waals surface area contributed by atoms with Gasteiger partial charge in [-0.05, 0) is 23.6 Å². The molecule has 0 heterocycles. The van der Waals surface area contributed by atoms with Crippen LogP contribution < -0.4 is 0 Å². The van der Waals surface area contributed by atoms with Crippen LogP contribution in [0.15, 0.2) is 12.1 Å². The molecule has 0 aromatic heterocycles. The smallest absolute Gasteiger partial charge is 0.163 e. The highest BCUT2D eigenvalue weighted by molar-refractivity contribution is 6.36. The van der Waals surface area contributed by atoms with Crippen molar-refractivity contribution >= 4 is 29.0 Å². The van der Waals surface area contributed by atoms with Crippen molar-refractivity contribution in [2.45, 2.75) is 19.3 Å². The second-order valence-electron chi connectivity index (χ2n) is 3.38. The van der Waals surface area contributed by atoms with Crippen molar-refractivity contribution < 1.29 is 4.79 Å². The summed E-state index contributed by atoms with van der Waals surface area (Å²) in [5.74, 6) is 0.374. The van der Waals surface area contributed by atoms with E-state index in [1.165, 1.54) is 0 Å². The number of carbonyl (C=O) groups excluding carboxylic acids is 1. The Labute approximate surface area is 86.7 Å². The molecule has 0 aliphatic heterocycles. The Bertz CT molecular complexity index is 385. The molecule has 0 fully saturated rings. The highest BCUT2D eigenvalue weighted by Gasteiger charge is 2.28. The Balaban J connectivity index is 2.69. The minimum absolute atomic E-state index is 0.145. The molecule has 2 rings (SSSR count). The molecule has 68 valence electrons. The number of Topliss-reactive ketones (excluding diaryl/α,β-unsaturated/α-hetero) is 1. The molecule has 13 heavy (non-hydrogen) atoms. The molecule has 0 radical (unpaired) electrons. The lowest BCUT2D eigenvalue weighted by molar-refractivity contribution is 0.0990. The van der Waals surface area contributed by atoms with Gasteiger partial charge in [-0.25, -0.2) is 0 Å². The van der Waals surface area contributed by atoms with E-state index in [-0.39, 0.29) is 11.7 Å². The Hall–Kier alpha value is -0.530. The lowest BCUT2D eigenvalue weighted by Gasteiger charge is -2.05. The van der Waals surface area contributed by atoms with Gasteiger partial charge >= 0.3 is 0 Å². The van der Waals surface area contributed by atoms with Gasteiger partial charge in [0.25, 0.3) is 0 Å². The highest BCUT2D eigenvalue weighted by atomic mass is 35.5. The van der Waals surface area contributed by atoms with Crippen LogP contribution in [-0.2, 0) is 0 Å². The fourth-order valence-electron chi connectivity index (χ4n) is 1.81. The minimum atomic E-state index is 0.145. The van der Waals surface area contributed by atoms with Crippen molar-refractivity contribution in [1.82, 2.24) is 0 Å². The average Bonchev–Trinajstić information content (AvgIpc) is 2.27. The zero-order valence-corrected chi connectivity index (χ0v) is 8.62. The van der Waals surface area contributed by atoms with Crippen LogP contribution in [0.3, 0.4) is 0 Å². The summed E-state index contributed by atoms with van der Waals surface area (Å²) in [6, 6.07) is 3.39. The molecule has 1 aliphatic rings. The van der Waals surface area contributed by atoms with E-state index in [9.17, 15) is 4.79 Å². The highest BCUT2D eigenvalue weighted by Crippen LogP contribution is 2.39. The van der Waals surface area contributed by atoms with E-state index in [1.54, 1.807) is 12.1 Å². The maximum atomic E-state index is 11.5. The Morgan fingerprint density at radius 1 is 1.38 bits per heavy atom. The molecule has 1 aliphatic carbocycles. The molecule has 0 saturated carbocycles. The second kappa shape index (κ2) is 3.00. The van der Waals surface area contributed by atoms with Crippen LogP contribution in [0.25, 0.3) is 0 Å². The first-order valence-corrected chi connectivity index (χ1v) is 4.87. The summed E-state index contributed by atoms with van der Waals surface area (Å²) in [5, 5.41) is 1.15. The summed E-state index contributed by atoms with van der Waals surface area (Å²) < 4.78 is 0. The van der Waals surface area contributed by atoms with Crippen LogP contribution in [0.4, 0.5) is 0 Å². The zero-order valence-electron chi connectivity index (χ0n) is 7.10. The Morgan fingerprint density at radius 3 is 2.77 bits per heavy atom. The summed E-state index contributed by atoms with van der Waals surface area (Å²) in [6.07, 6.45) is 0.551. The van der Waals surface area contributed by atoms with Crippen molar-refractivity contribution in [2.75, 3.05) is 0 Å². The number of hydrogen-bond acceptors (Lipinski definition) is 1. The summed E-state index contributed by atoms with van der Waals surface area (Å²) >= 11 is 11.8. The van der Waals surface area contributed by atoms with E-state index in [0.29, 0.717) is 22.0 Å². The fraction of sp³-hybridized carbons (Fsp3) is 0.300. The van der Waals surface area contributed by atoms with Gasteiger partial charge in [0.15, 0.2) is 5.78 Å². The van der Waals surface area contributed by atoms with Gasteiger partial charge in [0.05, 0.1) is 0 Å². The molecule has 0 amide bonds. The van der Waals surface area contributed by atoms with Crippen LogP contribution >= 0.6 is 23.2 Å². The van der Waals surface area contributed by atoms with Crippen LogP contribution in [-0.4, -0.2) is 5.78 Å². The van der Waals surface area contributed by atoms with E-state index in [0.717, 1.165) is 5.56 Å². The van der Waals surface area contributed by atoms with Gasteiger partial charge in [-0.1, -0.05) is 30.1 Å². The molecule has 0 saturated heterocycles. The molecule has 1 atom stereocenters. The summed E-state index contributed by atoms with van der Waals surface area (Å²) in [4.78, 5) is 11.5. The van der Waals surface area contributed by atoms with Crippen LogP contribution in [0.2, 0.25) is 10.0 Å². The van der Waals surface area contributed by atoms with Crippen LogP contribution in [0.1, 0.15) is 35.2 Å². The molecular weight excluding hydrogens is 207 g/mol. The average molecular weight is 215 g/mol. The normalized spacial score (nSPS) is 20.5. The number of halogens is 2.